The molecule has 1 heterocycles. The molecule has 0 radical (unpaired) electrons. The van der Waals surface area contributed by atoms with Gasteiger partial charge in [0.2, 0.25) is 0 Å². The molecule has 3 rings (SSSR count). The second-order valence-corrected chi connectivity index (χ2v) is 4.95. The van der Waals surface area contributed by atoms with Gasteiger partial charge in [-0.2, -0.15) is 0 Å². The minimum atomic E-state index is -0.525. The van der Waals surface area contributed by atoms with E-state index in [1.165, 1.54) is 18.2 Å². The van der Waals surface area contributed by atoms with E-state index in [0.717, 1.165) is 4.90 Å². The second kappa shape index (κ2) is 5.18. The van der Waals surface area contributed by atoms with Crippen molar-refractivity contribution < 1.29 is 14.0 Å². The predicted octanol–water partition coefficient (Wildman–Crippen LogP) is 3.14. The Bertz CT molecular complexity index is 713. The van der Waals surface area contributed by atoms with Gasteiger partial charge in [0.1, 0.15) is 5.82 Å². The van der Waals surface area contributed by atoms with Crippen molar-refractivity contribution in [2.24, 2.45) is 0 Å². The van der Waals surface area contributed by atoms with Gasteiger partial charge in [0, 0.05) is 5.69 Å². The van der Waals surface area contributed by atoms with Gasteiger partial charge >= 0.3 is 0 Å². The third-order valence-electron chi connectivity index (χ3n) is 3.24. The first-order valence-electron chi connectivity index (χ1n) is 6.22. The standard InChI is InChI=1S/C15H10ClFN2O2/c16-12-7-9(5-6-13(12)17)18-8-19-14(20)10-3-1-2-4-11(10)15(19)21/h1-7,18H,8H2. The number of carbonyl (C=O) groups is 2. The van der Waals surface area contributed by atoms with E-state index in [1.54, 1.807) is 24.3 Å². The van der Waals surface area contributed by atoms with Crippen molar-refractivity contribution in [1.82, 2.24) is 4.90 Å². The lowest BCUT2D eigenvalue weighted by atomic mass is 10.1. The van der Waals surface area contributed by atoms with Crippen molar-refractivity contribution in [1.29, 1.82) is 0 Å². The Hall–Kier alpha value is -2.40. The summed E-state index contributed by atoms with van der Waals surface area (Å²) in [7, 11) is 0. The van der Waals surface area contributed by atoms with Crippen LogP contribution in [0, 0.1) is 5.82 Å². The summed E-state index contributed by atoms with van der Waals surface area (Å²) in [4.78, 5) is 25.4. The summed E-state index contributed by atoms with van der Waals surface area (Å²) in [6, 6.07) is 10.7. The van der Waals surface area contributed by atoms with E-state index in [9.17, 15) is 14.0 Å². The molecular weight excluding hydrogens is 295 g/mol. The van der Waals surface area contributed by atoms with Crippen LogP contribution in [-0.2, 0) is 0 Å². The van der Waals surface area contributed by atoms with E-state index in [0.29, 0.717) is 16.8 Å². The first-order chi connectivity index (χ1) is 10.1. The highest BCUT2D eigenvalue weighted by Crippen LogP contribution is 2.23. The van der Waals surface area contributed by atoms with Crippen LogP contribution in [0.3, 0.4) is 0 Å². The lowest BCUT2D eigenvalue weighted by molar-refractivity contribution is 0.0666. The number of benzene rings is 2. The average Bonchev–Trinajstić information content (AvgIpc) is 2.73. The third kappa shape index (κ3) is 2.36. The molecule has 0 unspecified atom stereocenters. The molecule has 0 aromatic heterocycles. The van der Waals surface area contributed by atoms with Gasteiger partial charge in [-0.15, -0.1) is 0 Å². The van der Waals surface area contributed by atoms with Gasteiger partial charge in [0.15, 0.2) is 0 Å². The maximum atomic E-state index is 13.1. The number of imide groups is 1. The van der Waals surface area contributed by atoms with E-state index < -0.39 is 5.82 Å². The molecule has 6 heteroatoms. The normalized spacial score (nSPS) is 13.5. The molecule has 0 atom stereocenters. The first kappa shape index (κ1) is 13.6. The molecule has 0 fully saturated rings. The van der Waals surface area contributed by atoms with Crippen molar-refractivity contribution in [2.45, 2.75) is 0 Å². The molecule has 1 N–H and O–H groups in total. The SMILES string of the molecule is O=C1c2ccccc2C(=O)N1CNc1ccc(F)c(Cl)c1. The van der Waals surface area contributed by atoms with Crippen LogP contribution in [0.5, 0.6) is 0 Å². The highest BCUT2D eigenvalue weighted by Gasteiger charge is 2.34. The maximum absolute atomic E-state index is 13.1. The monoisotopic (exact) mass is 304 g/mol. The highest BCUT2D eigenvalue weighted by molar-refractivity contribution is 6.31. The van der Waals surface area contributed by atoms with Crippen molar-refractivity contribution in [2.75, 3.05) is 12.0 Å². The van der Waals surface area contributed by atoms with Crippen LogP contribution in [0.15, 0.2) is 42.5 Å². The highest BCUT2D eigenvalue weighted by atomic mass is 35.5. The third-order valence-corrected chi connectivity index (χ3v) is 3.53. The summed E-state index contributed by atoms with van der Waals surface area (Å²) >= 11 is 5.68. The topological polar surface area (TPSA) is 49.4 Å². The molecular formula is C15H10ClFN2O2. The van der Waals surface area contributed by atoms with Gasteiger partial charge in [0.05, 0.1) is 22.8 Å². The summed E-state index contributed by atoms with van der Waals surface area (Å²) in [6.45, 7) is -0.00565. The van der Waals surface area contributed by atoms with Crippen molar-refractivity contribution >= 4 is 29.1 Å². The van der Waals surface area contributed by atoms with Crippen molar-refractivity contribution in [3.8, 4) is 0 Å². The second-order valence-electron chi connectivity index (χ2n) is 4.55. The van der Waals surface area contributed by atoms with Crippen LogP contribution in [0.1, 0.15) is 20.7 Å². The largest absolute Gasteiger partial charge is 0.367 e. The summed E-state index contributed by atoms with van der Waals surface area (Å²) in [5, 5.41) is 2.86. The molecule has 106 valence electrons. The molecule has 0 bridgehead atoms. The van der Waals surface area contributed by atoms with Crippen LogP contribution < -0.4 is 5.32 Å². The molecule has 4 nitrogen and oxygen atoms in total. The Labute approximate surface area is 125 Å². The number of rotatable bonds is 3. The van der Waals surface area contributed by atoms with E-state index in [-0.39, 0.29) is 23.5 Å². The van der Waals surface area contributed by atoms with Crippen LogP contribution in [0.4, 0.5) is 10.1 Å². The Morgan fingerprint density at radius 3 is 2.24 bits per heavy atom. The summed E-state index contributed by atoms with van der Waals surface area (Å²) in [5.74, 6) is -1.23. The summed E-state index contributed by atoms with van der Waals surface area (Å²) in [5.41, 5.74) is 1.31. The minimum absolute atomic E-state index is 0.00565. The van der Waals surface area contributed by atoms with Gasteiger partial charge in [-0.3, -0.25) is 14.5 Å². The fourth-order valence-corrected chi connectivity index (χ4v) is 2.34. The van der Waals surface area contributed by atoms with E-state index in [1.807, 2.05) is 0 Å². The fraction of sp³-hybridized carbons (Fsp3) is 0.0667. The zero-order valence-corrected chi connectivity index (χ0v) is 11.5. The van der Waals surface area contributed by atoms with Gasteiger partial charge in [-0.25, -0.2) is 4.39 Å². The molecule has 0 spiro atoms. The van der Waals surface area contributed by atoms with E-state index in [2.05, 4.69) is 5.32 Å². The predicted molar refractivity (Wildman–Crippen MR) is 76.8 cm³/mol. The lowest BCUT2D eigenvalue weighted by Gasteiger charge is -2.15. The van der Waals surface area contributed by atoms with Crippen LogP contribution in [0.25, 0.3) is 0 Å². The molecule has 1 aliphatic rings. The number of nitrogens with zero attached hydrogens (tertiary/aromatic N) is 1. The number of anilines is 1. The zero-order valence-electron chi connectivity index (χ0n) is 10.8. The van der Waals surface area contributed by atoms with E-state index >= 15 is 0 Å². The van der Waals surface area contributed by atoms with Crippen LogP contribution in [0.2, 0.25) is 5.02 Å². The average molecular weight is 305 g/mol. The van der Waals surface area contributed by atoms with E-state index in [4.69, 9.17) is 11.6 Å². The zero-order chi connectivity index (χ0) is 15.0. The maximum Gasteiger partial charge on any atom is 0.263 e. The molecule has 2 amide bonds. The number of halogens is 2. The minimum Gasteiger partial charge on any atom is -0.367 e. The van der Waals surface area contributed by atoms with Crippen molar-refractivity contribution in [3.05, 3.63) is 64.4 Å². The van der Waals surface area contributed by atoms with Crippen molar-refractivity contribution in [3.63, 3.8) is 0 Å². The number of hydrogen-bond acceptors (Lipinski definition) is 3. The molecule has 2 aromatic carbocycles. The molecule has 21 heavy (non-hydrogen) atoms. The molecule has 0 saturated heterocycles. The first-order valence-corrected chi connectivity index (χ1v) is 6.60. The van der Waals surface area contributed by atoms with Gasteiger partial charge in [-0.05, 0) is 30.3 Å². The van der Waals surface area contributed by atoms with Gasteiger partial charge in [-0.1, -0.05) is 23.7 Å². The molecule has 0 saturated carbocycles. The number of fused-ring (bicyclic) bond motifs is 1. The van der Waals surface area contributed by atoms with Crippen LogP contribution in [-0.4, -0.2) is 23.4 Å². The quantitative estimate of drug-likeness (QED) is 0.886. The lowest BCUT2D eigenvalue weighted by Crippen LogP contribution is -2.34. The Morgan fingerprint density at radius 1 is 1.05 bits per heavy atom. The number of amides is 2. The molecule has 0 aliphatic carbocycles. The Morgan fingerprint density at radius 2 is 1.67 bits per heavy atom. The number of carbonyl (C=O) groups excluding carboxylic acids is 2. The number of hydrogen-bond donors (Lipinski definition) is 1. The Kier molecular flexibility index (Phi) is 3.35. The van der Waals surface area contributed by atoms with Crippen LogP contribution >= 0.6 is 11.6 Å². The van der Waals surface area contributed by atoms with Gasteiger partial charge < -0.3 is 5.32 Å². The molecule has 2 aromatic rings. The number of nitrogens with one attached hydrogen (secondary N) is 1. The fourth-order valence-electron chi connectivity index (χ4n) is 2.16. The smallest absolute Gasteiger partial charge is 0.263 e. The summed E-state index contributed by atoms with van der Waals surface area (Å²) in [6.07, 6.45) is 0. The van der Waals surface area contributed by atoms with Gasteiger partial charge in [0.25, 0.3) is 11.8 Å². The molecule has 1 aliphatic heterocycles. The summed E-state index contributed by atoms with van der Waals surface area (Å²) < 4.78 is 13.1. The Balaban J connectivity index is 1.76.